The van der Waals surface area contributed by atoms with Crippen molar-refractivity contribution in [2.45, 2.75) is 58.0 Å². The number of amides is 1. The molecule has 39 heavy (non-hydrogen) atoms. The first-order valence-electron chi connectivity index (χ1n) is 13.4. The minimum absolute atomic E-state index is 0.150. The van der Waals surface area contributed by atoms with E-state index in [1.165, 1.54) is 25.7 Å². The lowest BCUT2D eigenvalue weighted by molar-refractivity contribution is -0.121. The Morgan fingerprint density at radius 3 is 2.49 bits per heavy atom. The molecule has 1 amide bonds. The van der Waals surface area contributed by atoms with E-state index in [-0.39, 0.29) is 29.3 Å². The summed E-state index contributed by atoms with van der Waals surface area (Å²) in [6.07, 6.45) is 6.86. The van der Waals surface area contributed by atoms with Crippen LogP contribution < -0.4 is 5.32 Å². The molecule has 2 aromatic rings. The third-order valence-corrected chi connectivity index (χ3v) is 7.06. The van der Waals surface area contributed by atoms with Crippen LogP contribution >= 0.6 is 0 Å². The maximum Gasteiger partial charge on any atom is 0.219 e. The summed E-state index contributed by atoms with van der Waals surface area (Å²) in [4.78, 5) is 43.8. The lowest BCUT2D eigenvalue weighted by Crippen LogP contribution is -2.37. The minimum atomic E-state index is -0.543. The van der Waals surface area contributed by atoms with E-state index < -0.39 is 6.04 Å². The molecule has 2 aromatic carbocycles. The molecule has 1 heterocycles. The Labute approximate surface area is 230 Å². The van der Waals surface area contributed by atoms with Gasteiger partial charge in [-0.25, -0.2) is 9.38 Å². The molecule has 0 spiro atoms. The molecule has 0 saturated carbocycles. The number of rotatable bonds is 9. The fraction of sp³-hybridized carbons (Fsp3) is 0.419. The fourth-order valence-corrected chi connectivity index (χ4v) is 4.58. The van der Waals surface area contributed by atoms with Crippen molar-refractivity contribution >= 4 is 30.0 Å². The Morgan fingerprint density at radius 1 is 1.13 bits per heavy atom. The number of carbonyl (C=O) groups is 3. The quantitative estimate of drug-likeness (QED) is 0.223. The minimum Gasteiger partial charge on any atom is -0.359 e. The van der Waals surface area contributed by atoms with E-state index in [1.807, 2.05) is 6.07 Å². The Hall–Kier alpha value is -3.83. The van der Waals surface area contributed by atoms with E-state index in [4.69, 9.17) is 0 Å². The average molecular weight is 533 g/mol. The van der Waals surface area contributed by atoms with Crippen molar-refractivity contribution in [3.8, 4) is 11.8 Å². The van der Waals surface area contributed by atoms with E-state index in [0.29, 0.717) is 29.8 Å². The summed E-state index contributed by atoms with van der Waals surface area (Å²) in [5.41, 5.74) is 2.30. The van der Waals surface area contributed by atoms with Crippen molar-refractivity contribution in [3.63, 3.8) is 0 Å². The van der Waals surface area contributed by atoms with Gasteiger partial charge in [-0.15, -0.1) is 0 Å². The topological polar surface area (TPSA) is 82.1 Å². The van der Waals surface area contributed by atoms with Gasteiger partial charge in [0.15, 0.2) is 6.29 Å². The number of aliphatic imine (C=N–C) groups is 1. The van der Waals surface area contributed by atoms with Crippen LogP contribution in [0.5, 0.6) is 0 Å². The lowest BCUT2D eigenvalue weighted by atomic mass is 10.1. The number of benzene rings is 2. The number of carbonyl (C=O) groups excluding carboxylic acids is 3. The van der Waals surface area contributed by atoms with Crippen molar-refractivity contribution in [1.82, 2.24) is 15.1 Å². The predicted octanol–water partition coefficient (Wildman–Crippen LogP) is 4.49. The SMILES string of the molecule is CNC(=O)CCC(C=O)N(C)C(C)=Nc1cccc(C#Cc2ccc(CN3CCCCCC3)cc2F)c1C=O. The number of hydrogen-bond donors (Lipinski definition) is 1. The number of aldehydes is 2. The summed E-state index contributed by atoms with van der Waals surface area (Å²) in [6.45, 7) is 4.53. The van der Waals surface area contributed by atoms with Crippen LogP contribution in [0.1, 0.15) is 72.5 Å². The maximum absolute atomic E-state index is 14.9. The van der Waals surface area contributed by atoms with Gasteiger partial charge in [-0.05, 0) is 69.1 Å². The molecular weight excluding hydrogens is 495 g/mol. The van der Waals surface area contributed by atoms with Crippen LogP contribution in [-0.4, -0.2) is 67.3 Å². The maximum atomic E-state index is 14.9. The van der Waals surface area contributed by atoms with Gasteiger partial charge in [0, 0.05) is 32.6 Å². The molecule has 0 radical (unpaired) electrons. The van der Waals surface area contributed by atoms with E-state index in [1.54, 1.807) is 56.3 Å². The van der Waals surface area contributed by atoms with Gasteiger partial charge in [0.05, 0.1) is 22.9 Å². The Bertz CT molecular complexity index is 1260. The molecular formula is C31H37FN4O3. The van der Waals surface area contributed by atoms with E-state index >= 15 is 0 Å². The van der Waals surface area contributed by atoms with Crippen molar-refractivity contribution < 1.29 is 18.8 Å². The highest BCUT2D eigenvalue weighted by molar-refractivity contribution is 5.91. The third kappa shape index (κ3) is 8.59. The first kappa shape index (κ1) is 29.7. The molecule has 1 fully saturated rings. The first-order valence-corrected chi connectivity index (χ1v) is 13.4. The number of halogens is 1. The van der Waals surface area contributed by atoms with Gasteiger partial charge in [-0.2, -0.15) is 0 Å². The molecule has 1 aliphatic rings. The van der Waals surface area contributed by atoms with Crippen LogP contribution in [0.4, 0.5) is 10.1 Å². The highest BCUT2D eigenvalue weighted by atomic mass is 19.1. The highest BCUT2D eigenvalue weighted by Crippen LogP contribution is 2.22. The molecule has 0 bridgehead atoms. The van der Waals surface area contributed by atoms with Gasteiger partial charge >= 0.3 is 0 Å². The molecule has 0 aromatic heterocycles. The number of amidine groups is 1. The van der Waals surface area contributed by atoms with Gasteiger partial charge < -0.3 is 15.0 Å². The zero-order chi connectivity index (χ0) is 28.2. The summed E-state index contributed by atoms with van der Waals surface area (Å²) < 4.78 is 14.9. The summed E-state index contributed by atoms with van der Waals surface area (Å²) in [6, 6.07) is 9.71. The largest absolute Gasteiger partial charge is 0.359 e. The normalized spacial score (nSPS) is 14.9. The Kier molecular flexibility index (Phi) is 11.4. The van der Waals surface area contributed by atoms with Gasteiger partial charge in [0.2, 0.25) is 5.91 Å². The van der Waals surface area contributed by atoms with Crippen LogP contribution in [0, 0.1) is 17.7 Å². The van der Waals surface area contributed by atoms with Crippen molar-refractivity contribution in [1.29, 1.82) is 0 Å². The number of hydrogen-bond acceptors (Lipinski definition) is 5. The van der Waals surface area contributed by atoms with E-state index in [2.05, 4.69) is 27.0 Å². The number of likely N-dealkylation sites (tertiary alicyclic amines) is 1. The molecule has 7 nitrogen and oxygen atoms in total. The van der Waals surface area contributed by atoms with E-state index in [9.17, 15) is 18.8 Å². The highest BCUT2D eigenvalue weighted by Gasteiger charge is 2.17. The second kappa shape index (κ2) is 14.9. The molecule has 3 rings (SSSR count). The zero-order valence-electron chi connectivity index (χ0n) is 23.0. The molecule has 1 unspecified atom stereocenters. The number of nitrogens with one attached hydrogen (secondary N) is 1. The van der Waals surface area contributed by atoms with Crippen molar-refractivity contribution in [3.05, 3.63) is 64.5 Å². The monoisotopic (exact) mass is 532 g/mol. The predicted molar refractivity (Wildman–Crippen MR) is 152 cm³/mol. The Morgan fingerprint density at radius 2 is 1.85 bits per heavy atom. The van der Waals surface area contributed by atoms with E-state index in [0.717, 1.165) is 31.5 Å². The van der Waals surface area contributed by atoms with Crippen LogP contribution in [0.2, 0.25) is 0 Å². The second-order valence-corrected chi connectivity index (χ2v) is 9.80. The second-order valence-electron chi connectivity index (χ2n) is 9.80. The molecule has 206 valence electrons. The molecule has 8 heteroatoms. The molecule has 0 aliphatic carbocycles. The fourth-order valence-electron chi connectivity index (χ4n) is 4.58. The van der Waals surface area contributed by atoms with Gasteiger partial charge in [0.1, 0.15) is 17.9 Å². The summed E-state index contributed by atoms with van der Waals surface area (Å²) in [5, 5.41) is 2.54. The van der Waals surface area contributed by atoms with Crippen molar-refractivity contribution in [2.75, 3.05) is 27.2 Å². The van der Waals surface area contributed by atoms with Gasteiger partial charge in [0.25, 0.3) is 0 Å². The van der Waals surface area contributed by atoms with Crippen LogP contribution in [0.3, 0.4) is 0 Å². The number of likely N-dealkylation sites (N-methyl/N-ethyl adjacent to an activating group) is 1. The Balaban J connectivity index is 1.78. The van der Waals surface area contributed by atoms with Crippen LogP contribution in [0.25, 0.3) is 0 Å². The molecule has 1 atom stereocenters. The first-order chi connectivity index (χ1) is 18.9. The molecule has 1 N–H and O–H groups in total. The smallest absolute Gasteiger partial charge is 0.219 e. The van der Waals surface area contributed by atoms with Gasteiger partial charge in [-0.1, -0.05) is 36.8 Å². The number of nitrogens with zero attached hydrogens (tertiary/aromatic N) is 3. The molecule has 1 saturated heterocycles. The van der Waals surface area contributed by atoms with Crippen molar-refractivity contribution in [2.24, 2.45) is 4.99 Å². The summed E-state index contributed by atoms with van der Waals surface area (Å²) >= 11 is 0. The standard InChI is InChI=1S/C31H37FN4O3/c1-23(35(3)27(21-37)15-16-31(39)33-2)34-30-10-8-9-25(28(30)22-38)13-14-26-12-11-24(19-29(26)32)20-36-17-6-4-5-7-18-36/h8-12,19,21-22,27H,4-7,15-18,20H2,1-3H3,(H,33,39). The summed E-state index contributed by atoms with van der Waals surface area (Å²) in [7, 11) is 3.26. The molecule has 1 aliphatic heterocycles. The average Bonchev–Trinajstić information content (AvgIpc) is 3.21. The van der Waals surface area contributed by atoms with Gasteiger partial charge in [-0.3, -0.25) is 14.5 Å². The lowest BCUT2D eigenvalue weighted by Gasteiger charge is -2.25. The zero-order valence-corrected chi connectivity index (χ0v) is 23.0. The third-order valence-electron chi connectivity index (χ3n) is 7.06. The van der Waals surface area contributed by atoms with Crippen LogP contribution in [-0.2, 0) is 16.1 Å². The summed E-state index contributed by atoms with van der Waals surface area (Å²) in [5.74, 6) is 5.77. The van der Waals surface area contributed by atoms with Crippen LogP contribution in [0.15, 0.2) is 41.4 Å².